The first-order valence-electron chi connectivity index (χ1n) is 8.71. The van der Waals surface area contributed by atoms with Crippen molar-refractivity contribution in [3.63, 3.8) is 0 Å². The van der Waals surface area contributed by atoms with Crippen molar-refractivity contribution in [2.24, 2.45) is 0 Å². The van der Waals surface area contributed by atoms with E-state index in [1.54, 1.807) is 25.3 Å². The third kappa shape index (κ3) is 6.72. The van der Waals surface area contributed by atoms with E-state index in [1.165, 1.54) is 0 Å². The van der Waals surface area contributed by atoms with Crippen LogP contribution in [0.2, 0.25) is 5.02 Å². The maximum Gasteiger partial charge on any atom is 0.319 e. The van der Waals surface area contributed by atoms with Gasteiger partial charge in [0.15, 0.2) is 0 Å². The van der Waals surface area contributed by atoms with Gasteiger partial charge in [-0.1, -0.05) is 37.3 Å². The monoisotopic (exact) mass is 370 g/mol. The van der Waals surface area contributed by atoms with Crippen LogP contribution in [0.25, 0.3) is 0 Å². The molecule has 2 amide bonds. The van der Waals surface area contributed by atoms with Crippen LogP contribution in [0.4, 0.5) is 10.5 Å². The highest BCUT2D eigenvalue weighted by Gasteiger charge is 2.28. The fourth-order valence-electron chi connectivity index (χ4n) is 2.91. The molecule has 1 fully saturated rings. The van der Waals surface area contributed by atoms with Gasteiger partial charge in [-0.25, -0.2) is 4.79 Å². The molecule has 0 heterocycles. The summed E-state index contributed by atoms with van der Waals surface area (Å²) >= 11 is 6.15. The Balaban J connectivity index is 1.82. The fourth-order valence-corrected chi connectivity index (χ4v) is 3.15. The molecule has 0 aliphatic heterocycles. The Labute approximate surface area is 153 Å². The number of amides is 2. The predicted octanol–water partition coefficient (Wildman–Crippen LogP) is 3.57. The van der Waals surface area contributed by atoms with Crippen molar-refractivity contribution in [2.45, 2.75) is 44.1 Å². The maximum absolute atomic E-state index is 12.1. The molecule has 1 aliphatic carbocycles. The average Bonchev–Trinajstić information content (AvgIpc) is 2.80. The Morgan fingerprint density at radius 3 is 2.60 bits per heavy atom. The third-order valence-corrected chi connectivity index (χ3v) is 4.64. The SMILES string of the molecule is COCCOc1ccc(NC(=O)NCC2(O)CCCCCC2)cc1Cl. The Kier molecular flexibility index (Phi) is 7.81. The predicted molar refractivity (Wildman–Crippen MR) is 98.5 cm³/mol. The first kappa shape index (κ1) is 19.8. The normalized spacial score (nSPS) is 16.8. The summed E-state index contributed by atoms with van der Waals surface area (Å²) in [5, 5.41) is 16.5. The molecule has 140 valence electrons. The van der Waals surface area contributed by atoms with E-state index in [9.17, 15) is 9.90 Å². The van der Waals surface area contributed by atoms with Gasteiger partial charge in [0.1, 0.15) is 12.4 Å². The number of aliphatic hydroxyl groups is 1. The Bertz CT molecular complexity index is 560. The Morgan fingerprint density at radius 2 is 1.96 bits per heavy atom. The van der Waals surface area contributed by atoms with E-state index in [1.807, 2.05) is 0 Å². The molecule has 0 unspecified atom stereocenters. The summed E-state index contributed by atoms with van der Waals surface area (Å²) in [6, 6.07) is 4.69. The zero-order valence-corrected chi connectivity index (χ0v) is 15.4. The molecule has 0 spiro atoms. The van der Waals surface area contributed by atoms with Crippen molar-refractivity contribution in [3.05, 3.63) is 23.2 Å². The summed E-state index contributed by atoms with van der Waals surface area (Å²) in [5.41, 5.74) is -0.237. The quantitative estimate of drug-likeness (QED) is 0.506. The van der Waals surface area contributed by atoms with Crippen LogP contribution < -0.4 is 15.4 Å². The second-order valence-electron chi connectivity index (χ2n) is 6.43. The number of methoxy groups -OCH3 is 1. The molecule has 0 aromatic heterocycles. The number of carbonyl (C=O) groups excluding carboxylic acids is 1. The number of carbonyl (C=O) groups is 1. The van der Waals surface area contributed by atoms with Gasteiger partial charge < -0.3 is 25.2 Å². The number of rotatable bonds is 7. The van der Waals surface area contributed by atoms with E-state index in [-0.39, 0.29) is 12.6 Å². The van der Waals surface area contributed by atoms with Crippen molar-refractivity contribution < 1.29 is 19.4 Å². The molecule has 1 saturated carbocycles. The van der Waals surface area contributed by atoms with Crippen molar-refractivity contribution in [1.29, 1.82) is 0 Å². The van der Waals surface area contributed by atoms with Crippen molar-refractivity contribution in [2.75, 3.05) is 32.2 Å². The van der Waals surface area contributed by atoms with Crippen LogP contribution in [-0.4, -0.2) is 43.6 Å². The number of ether oxygens (including phenoxy) is 2. The van der Waals surface area contributed by atoms with E-state index < -0.39 is 5.60 Å². The van der Waals surface area contributed by atoms with E-state index in [0.29, 0.717) is 29.7 Å². The number of hydrogen-bond donors (Lipinski definition) is 3. The van der Waals surface area contributed by atoms with Crippen LogP contribution in [-0.2, 0) is 4.74 Å². The average molecular weight is 371 g/mol. The summed E-state index contributed by atoms with van der Waals surface area (Å²) in [6.07, 6.45) is 5.75. The lowest BCUT2D eigenvalue weighted by atomic mass is 9.95. The van der Waals surface area contributed by atoms with Crippen LogP contribution in [0.1, 0.15) is 38.5 Å². The van der Waals surface area contributed by atoms with Crippen LogP contribution in [0, 0.1) is 0 Å². The second kappa shape index (κ2) is 9.85. The molecule has 3 N–H and O–H groups in total. The molecule has 0 atom stereocenters. The minimum Gasteiger partial charge on any atom is -0.490 e. The number of hydrogen-bond acceptors (Lipinski definition) is 4. The first-order valence-corrected chi connectivity index (χ1v) is 9.09. The summed E-state index contributed by atoms with van der Waals surface area (Å²) in [5.74, 6) is 0.539. The molecule has 25 heavy (non-hydrogen) atoms. The van der Waals surface area contributed by atoms with Crippen molar-refractivity contribution in [3.8, 4) is 5.75 Å². The topological polar surface area (TPSA) is 79.8 Å². The number of anilines is 1. The minimum atomic E-state index is -0.801. The summed E-state index contributed by atoms with van der Waals surface area (Å²) in [6.45, 7) is 1.13. The Morgan fingerprint density at radius 1 is 1.24 bits per heavy atom. The number of benzene rings is 1. The molecule has 0 radical (unpaired) electrons. The van der Waals surface area contributed by atoms with Gasteiger partial charge in [-0.3, -0.25) is 0 Å². The van der Waals surface area contributed by atoms with Gasteiger partial charge in [0.25, 0.3) is 0 Å². The van der Waals surface area contributed by atoms with Gasteiger partial charge in [0.2, 0.25) is 0 Å². The smallest absolute Gasteiger partial charge is 0.319 e. The molecule has 0 saturated heterocycles. The molecule has 1 aliphatic rings. The lowest BCUT2D eigenvalue weighted by Crippen LogP contribution is -2.44. The molecule has 1 aromatic rings. The Hall–Kier alpha value is -1.50. The molecule has 1 aromatic carbocycles. The highest BCUT2D eigenvalue weighted by molar-refractivity contribution is 6.32. The largest absolute Gasteiger partial charge is 0.490 e. The highest BCUT2D eigenvalue weighted by atomic mass is 35.5. The zero-order chi connectivity index (χ0) is 18.1. The van der Waals surface area contributed by atoms with Crippen molar-refractivity contribution >= 4 is 23.3 Å². The molecule has 2 rings (SSSR count). The summed E-state index contributed by atoms with van der Waals surface area (Å²) in [4.78, 5) is 12.1. The third-order valence-electron chi connectivity index (χ3n) is 4.35. The molecular weight excluding hydrogens is 344 g/mol. The fraction of sp³-hybridized carbons (Fsp3) is 0.611. The molecule has 0 bridgehead atoms. The lowest BCUT2D eigenvalue weighted by molar-refractivity contribution is 0.0281. The van der Waals surface area contributed by atoms with Gasteiger partial charge >= 0.3 is 6.03 Å². The van der Waals surface area contributed by atoms with Crippen LogP contribution in [0.3, 0.4) is 0 Å². The summed E-state index contributed by atoms with van der Waals surface area (Å²) < 4.78 is 10.4. The zero-order valence-electron chi connectivity index (χ0n) is 14.6. The van der Waals surface area contributed by atoms with E-state index >= 15 is 0 Å². The van der Waals surface area contributed by atoms with E-state index in [2.05, 4.69) is 10.6 Å². The number of nitrogens with one attached hydrogen (secondary N) is 2. The number of urea groups is 1. The first-order chi connectivity index (χ1) is 12.0. The molecular formula is C18H27ClN2O4. The number of halogens is 1. The summed E-state index contributed by atoms with van der Waals surface area (Å²) in [7, 11) is 1.60. The molecule has 6 nitrogen and oxygen atoms in total. The standard InChI is InChI=1S/C18H27ClN2O4/c1-24-10-11-25-16-7-6-14(12-15(16)19)21-17(22)20-13-18(23)8-4-2-3-5-9-18/h6-7,12,23H,2-5,8-11,13H2,1H3,(H2,20,21,22). The van der Waals surface area contributed by atoms with Gasteiger partial charge in [-0.05, 0) is 31.0 Å². The minimum absolute atomic E-state index is 0.255. The van der Waals surface area contributed by atoms with Gasteiger partial charge in [-0.2, -0.15) is 0 Å². The van der Waals surface area contributed by atoms with Crippen LogP contribution in [0.15, 0.2) is 18.2 Å². The second-order valence-corrected chi connectivity index (χ2v) is 6.84. The molecule has 7 heteroatoms. The van der Waals surface area contributed by atoms with Crippen molar-refractivity contribution in [1.82, 2.24) is 5.32 Å². The van der Waals surface area contributed by atoms with Gasteiger partial charge in [-0.15, -0.1) is 0 Å². The van der Waals surface area contributed by atoms with Gasteiger partial charge in [0.05, 0.1) is 17.2 Å². The van der Waals surface area contributed by atoms with E-state index in [4.69, 9.17) is 21.1 Å². The highest BCUT2D eigenvalue weighted by Crippen LogP contribution is 2.28. The van der Waals surface area contributed by atoms with Crippen LogP contribution >= 0.6 is 11.6 Å². The lowest BCUT2D eigenvalue weighted by Gasteiger charge is -2.26. The van der Waals surface area contributed by atoms with E-state index in [0.717, 1.165) is 38.5 Å². The maximum atomic E-state index is 12.1. The van der Waals surface area contributed by atoms with Gasteiger partial charge in [0, 0.05) is 19.3 Å². The van der Waals surface area contributed by atoms with Crippen LogP contribution in [0.5, 0.6) is 5.75 Å².